The van der Waals surface area contributed by atoms with E-state index in [1.54, 1.807) is 27.7 Å². The van der Waals surface area contributed by atoms with Gasteiger partial charge in [-0.2, -0.15) is 5.10 Å². The van der Waals surface area contributed by atoms with Gasteiger partial charge in [0.1, 0.15) is 9.88 Å². The van der Waals surface area contributed by atoms with Crippen LogP contribution in [0.15, 0.2) is 12.4 Å². The van der Waals surface area contributed by atoms with E-state index >= 15 is 0 Å². The third-order valence-corrected chi connectivity index (χ3v) is 5.04. The molecule has 2 aromatic rings. The van der Waals surface area contributed by atoms with Gasteiger partial charge in [-0.25, -0.2) is 14.4 Å². The standard InChI is InChI=1S/C19H23N3O7S/c1-5-28-19(27)15-11(4)14(18(26)29-10(2)3)16(30-15)21-13(23)6-7-22-9-12(8-20-22)17(24)25/h8-10H,5-7H2,1-4H3,(H,21,23)(H,24,25). The van der Waals surface area contributed by atoms with Crippen LogP contribution in [0.3, 0.4) is 0 Å². The highest BCUT2D eigenvalue weighted by molar-refractivity contribution is 7.18. The van der Waals surface area contributed by atoms with Gasteiger partial charge < -0.3 is 19.9 Å². The van der Waals surface area contributed by atoms with Crippen molar-refractivity contribution in [3.05, 3.63) is 34.0 Å². The molecule has 0 aliphatic heterocycles. The fraction of sp³-hybridized carbons (Fsp3) is 0.421. The molecule has 0 spiro atoms. The minimum Gasteiger partial charge on any atom is -0.478 e. The molecule has 0 aliphatic rings. The second-order valence-electron chi connectivity index (χ2n) is 6.53. The van der Waals surface area contributed by atoms with E-state index in [4.69, 9.17) is 14.6 Å². The molecule has 0 atom stereocenters. The van der Waals surface area contributed by atoms with Gasteiger partial charge in [0.2, 0.25) is 5.91 Å². The lowest BCUT2D eigenvalue weighted by atomic mass is 10.1. The Labute approximate surface area is 176 Å². The van der Waals surface area contributed by atoms with E-state index in [1.807, 2.05) is 0 Å². The quantitative estimate of drug-likeness (QED) is 0.571. The van der Waals surface area contributed by atoms with Gasteiger partial charge in [0.05, 0.1) is 30.0 Å². The number of ether oxygens (including phenoxy) is 2. The summed E-state index contributed by atoms with van der Waals surface area (Å²) in [6.07, 6.45) is 2.10. The van der Waals surface area contributed by atoms with Crippen molar-refractivity contribution in [1.82, 2.24) is 9.78 Å². The maximum absolute atomic E-state index is 12.5. The van der Waals surface area contributed by atoms with Gasteiger partial charge >= 0.3 is 17.9 Å². The summed E-state index contributed by atoms with van der Waals surface area (Å²) in [7, 11) is 0. The van der Waals surface area contributed by atoms with Crippen LogP contribution in [0, 0.1) is 6.92 Å². The molecule has 2 heterocycles. The third-order valence-electron chi connectivity index (χ3n) is 3.86. The molecule has 162 valence electrons. The van der Waals surface area contributed by atoms with Crippen LogP contribution in [-0.4, -0.2) is 51.4 Å². The average molecular weight is 437 g/mol. The number of aromatic carboxylic acids is 1. The van der Waals surface area contributed by atoms with Crippen LogP contribution < -0.4 is 5.32 Å². The van der Waals surface area contributed by atoms with Gasteiger partial charge in [0.15, 0.2) is 0 Å². The lowest BCUT2D eigenvalue weighted by molar-refractivity contribution is -0.116. The van der Waals surface area contributed by atoms with Crippen LogP contribution in [0.4, 0.5) is 5.00 Å². The first-order valence-electron chi connectivity index (χ1n) is 9.21. The lowest BCUT2D eigenvalue weighted by Gasteiger charge is -2.10. The van der Waals surface area contributed by atoms with Gasteiger partial charge in [-0.15, -0.1) is 11.3 Å². The Morgan fingerprint density at radius 2 is 1.97 bits per heavy atom. The third kappa shape index (κ3) is 5.66. The number of rotatable bonds is 9. The molecule has 2 rings (SSSR count). The summed E-state index contributed by atoms with van der Waals surface area (Å²) in [5, 5.41) is 15.6. The van der Waals surface area contributed by atoms with Crippen LogP contribution in [0.1, 0.15) is 63.1 Å². The van der Waals surface area contributed by atoms with Crippen molar-refractivity contribution in [1.29, 1.82) is 0 Å². The molecular formula is C19H23N3O7S. The Morgan fingerprint density at radius 1 is 1.27 bits per heavy atom. The zero-order valence-corrected chi connectivity index (χ0v) is 17.9. The minimum atomic E-state index is -1.11. The zero-order chi connectivity index (χ0) is 22.4. The van der Waals surface area contributed by atoms with Gasteiger partial charge in [0.25, 0.3) is 0 Å². The second-order valence-corrected chi connectivity index (χ2v) is 7.55. The molecule has 2 N–H and O–H groups in total. The Hall–Kier alpha value is -3.21. The van der Waals surface area contributed by atoms with Crippen LogP contribution in [0.25, 0.3) is 0 Å². The van der Waals surface area contributed by atoms with Crippen LogP contribution in [0.5, 0.6) is 0 Å². The number of hydrogen-bond donors (Lipinski definition) is 2. The van der Waals surface area contributed by atoms with E-state index in [0.29, 0.717) is 5.56 Å². The number of carboxylic acids is 1. The van der Waals surface area contributed by atoms with Crippen LogP contribution in [-0.2, 0) is 20.8 Å². The molecule has 1 amide bonds. The SMILES string of the molecule is CCOC(=O)c1sc(NC(=O)CCn2cc(C(=O)O)cn2)c(C(=O)OC(C)C)c1C. The van der Waals surface area contributed by atoms with Crippen molar-refractivity contribution < 1.29 is 33.8 Å². The molecular weight excluding hydrogens is 414 g/mol. The largest absolute Gasteiger partial charge is 0.478 e. The molecule has 0 fully saturated rings. The molecule has 0 saturated carbocycles. The highest BCUT2D eigenvalue weighted by Crippen LogP contribution is 2.34. The van der Waals surface area contributed by atoms with E-state index in [9.17, 15) is 19.2 Å². The van der Waals surface area contributed by atoms with Gasteiger partial charge in [-0.3, -0.25) is 9.48 Å². The smallest absolute Gasteiger partial charge is 0.348 e. The van der Waals surface area contributed by atoms with Gasteiger partial charge in [0, 0.05) is 19.2 Å². The number of carbonyl (C=O) groups is 4. The van der Waals surface area contributed by atoms with E-state index in [-0.39, 0.29) is 46.7 Å². The number of aryl methyl sites for hydroxylation is 1. The molecule has 2 aromatic heterocycles. The predicted molar refractivity (Wildman–Crippen MR) is 108 cm³/mol. The number of amides is 1. The first-order valence-corrected chi connectivity index (χ1v) is 10.0. The fourth-order valence-electron chi connectivity index (χ4n) is 2.51. The highest BCUT2D eigenvalue weighted by Gasteiger charge is 2.27. The number of carbonyl (C=O) groups excluding carboxylic acids is 3. The van der Waals surface area contributed by atoms with E-state index < -0.39 is 23.8 Å². The lowest BCUT2D eigenvalue weighted by Crippen LogP contribution is -2.18. The van der Waals surface area contributed by atoms with Crippen molar-refractivity contribution >= 4 is 40.2 Å². The summed E-state index contributed by atoms with van der Waals surface area (Å²) >= 11 is 0.940. The zero-order valence-electron chi connectivity index (χ0n) is 17.1. The van der Waals surface area contributed by atoms with E-state index in [0.717, 1.165) is 11.3 Å². The summed E-state index contributed by atoms with van der Waals surface area (Å²) in [6, 6.07) is 0. The first-order chi connectivity index (χ1) is 14.1. The van der Waals surface area contributed by atoms with Crippen molar-refractivity contribution in [2.45, 2.75) is 46.8 Å². The number of nitrogens with zero attached hydrogens (tertiary/aromatic N) is 2. The number of thiophene rings is 1. The number of hydrogen-bond acceptors (Lipinski definition) is 8. The number of esters is 2. The van der Waals surface area contributed by atoms with Gasteiger partial charge in [-0.05, 0) is 33.3 Å². The van der Waals surface area contributed by atoms with Crippen LogP contribution >= 0.6 is 11.3 Å². The summed E-state index contributed by atoms with van der Waals surface area (Å²) in [4.78, 5) is 48.2. The Kier molecular flexibility index (Phi) is 7.70. The van der Waals surface area contributed by atoms with Crippen molar-refractivity contribution in [2.75, 3.05) is 11.9 Å². The van der Waals surface area contributed by atoms with Crippen molar-refractivity contribution in [3.63, 3.8) is 0 Å². The second kappa shape index (κ2) is 10.0. The monoisotopic (exact) mass is 437 g/mol. The van der Waals surface area contributed by atoms with Crippen molar-refractivity contribution in [2.24, 2.45) is 0 Å². The summed E-state index contributed by atoms with van der Waals surface area (Å²) < 4.78 is 11.6. The molecule has 30 heavy (non-hydrogen) atoms. The molecule has 11 heteroatoms. The minimum absolute atomic E-state index is 0.0158. The van der Waals surface area contributed by atoms with Crippen LogP contribution in [0.2, 0.25) is 0 Å². The summed E-state index contributed by atoms with van der Waals surface area (Å²) in [5.41, 5.74) is 0.497. The highest BCUT2D eigenvalue weighted by atomic mass is 32.1. The number of anilines is 1. The summed E-state index contributed by atoms with van der Waals surface area (Å²) in [6.45, 7) is 6.96. The molecule has 0 bridgehead atoms. The molecule has 0 aromatic carbocycles. The fourth-order valence-corrected chi connectivity index (χ4v) is 3.62. The average Bonchev–Trinajstić information content (AvgIpc) is 3.24. The normalized spacial score (nSPS) is 10.7. The Morgan fingerprint density at radius 3 is 2.53 bits per heavy atom. The predicted octanol–water partition coefficient (Wildman–Crippen LogP) is 2.72. The first kappa shape index (κ1) is 23.1. The Bertz CT molecular complexity index is 961. The number of aromatic nitrogens is 2. The Balaban J connectivity index is 2.19. The summed E-state index contributed by atoms with van der Waals surface area (Å²) in [5.74, 6) is -2.78. The number of nitrogens with one attached hydrogen (secondary N) is 1. The van der Waals surface area contributed by atoms with E-state index in [2.05, 4.69) is 10.4 Å². The molecule has 0 saturated heterocycles. The molecule has 0 radical (unpaired) electrons. The van der Waals surface area contributed by atoms with Crippen molar-refractivity contribution in [3.8, 4) is 0 Å². The maximum atomic E-state index is 12.5. The molecule has 10 nitrogen and oxygen atoms in total. The van der Waals surface area contributed by atoms with E-state index in [1.165, 1.54) is 17.1 Å². The maximum Gasteiger partial charge on any atom is 0.348 e. The molecule has 0 unspecified atom stereocenters. The number of carboxylic acid groups (broad SMARTS) is 1. The molecule has 0 aliphatic carbocycles. The topological polar surface area (TPSA) is 137 Å². The van der Waals surface area contributed by atoms with Gasteiger partial charge in [-0.1, -0.05) is 0 Å².